The van der Waals surface area contributed by atoms with E-state index in [-0.39, 0.29) is 22.4 Å². The molecule has 0 saturated carbocycles. The molecule has 0 aliphatic carbocycles. The number of nitrogens with zero attached hydrogens (tertiary/aromatic N) is 1. The summed E-state index contributed by atoms with van der Waals surface area (Å²) in [6, 6.07) is 17.6. The molecule has 0 radical (unpaired) electrons. The summed E-state index contributed by atoms with van der Waals surface area (Å²) in [6.07, 6.45) is 0. The molecule has 5 heteroatoms. The zero-order valence-electron chi connectivity index (χ0n) is 13.5. The number of nitriles is 1. The topological polar surface area (TPSA) is 104 Å². The maximum atomic E-state index is 12.6. The molecule has 25 heavy (non-hydrogen) atoms. The van der Waals surface area contributed by atoms with Gasteiger partial charge in [-0.1, -0.05) is 48.5 Å². The maximum Gasteiger partial charge on any atom is 0.221 e. The molecule has 0 bridgehead atoms. The van der Waals surface area contributed by atoms with Gasteiger partial charge in [0.1, 0.15) is 17.2 Å². The number of benzene rings is 2. The Morgan fingerprint density at radius 1 is 1.12 bits per heavy atom. The minimum atomic E-state index is -0.479. The van der Waals surface area contributed by atoms with Crippen LogP contribution in [0.5, 0.6) is 0 Å². The third kappa shape index (κ3) is 2.81. The van der Waals surface area contributed by atoms with Crippen LogP contribution in [0.25, 0.3) is 16.7 Å². The Balaban J connectivity index is 2.25. The van der Waals surface area contributed by atoms with Crippen molar-refractivity contribution in [3.8, 4) is 6.07 Å². The summed E-state index contributed by atoms with van der Waals surface area (Å²) < 4.78 is 5.51. The van der Waals surface area contributed by atoms with Crippen molar-refractivity contribution in [3.63, 3.8) is 0 Å². The zero-order chi connectivity index (χ0) is 18.0. The van der Waals surface area contributed by atoms with E-state index in [1.54, 1.807) is 43.3 Å². The lowest BCUT2D eigenvalue weighted by Crippen LogP contribution is -2.18. The third-order valence-electron chi connectivity index (χ3n) is 4.02. The van der Waals surface area contributed by atoms with Gasteiger partial charge in [-0.05, 0) is 18.6 Å². The number of fused-ring (bicyclic) bond motifs is 1. The highest BCUT2D eigenvalue weighted by Crippen LogP contribution is 2.24. The van der Waals surface area contributed by atoms with Gasteiger partial charge >= 0.3 is 0 Å². The SMILES string of the molecule is Cc1c(/C(N)=C(\C#N)C(=O)c2ccccc2)c(=N)oc2ccccc12. The number of para-hydroxylation sites is 1. The normalized spacial score (nSPS) is 11.7. The molecule has 0 atom stereocenters. The summed E-state index contributed by atoms with van der Waals surface area (Å²) in [5.74, 6) is -0.479. The molecule has 3 rings (SSSR count). The molecule has 0 aliphatic rings. The lowest BCUT2D eigenvalue weighted by Gasteiger charge is -2.11. The number of carbonyl (C=O) groups is 1. The largest absolute Gasteiger partial charge is 0.438 e. The Morgan fingerprint density at radius 3 is 2.44 bits per heavy atom. The van der Waals surface area contributed by atoms with Gasteiger partial charge in [0, 0.05) is 10.9 Å². The van der Waals surface area contributed by atoms with Gasteiger partial charge in [0.15, 0.2) is 0 Å². The van der Waals surface area contributed by atoms with E-state index in [0.717, 1.165) is 5.39 Å². The number of ketones is 1. The van der Waals surface area contributed by atoms with Gasteiger partial charge in [-0.15, -0.1) is 0 Å². The van der Waals surface area contributed by atoms with Crippen molar-refractivity contribution in [2.45, 2.75) is 6.92 Å². The Kier molecular flexibility index (Phi) is 4.19. The lowest BCUT2D eigenvalue weighted by atomic mass is 9.97. The standard InChI is InChI=1S/C20H15N3O2/c1-12-14-9-5-6-10-16(14)25-20(23)17(12)18(22)15(11-21)19(24)13-7-3-2-4-8-13/h2-10,23H,22H2,1H3/b18-15-,23-20?. The molecule has 1 aromatic heterocycles. The Morgan fingerprint density at radius 2 is 1.76 bits per heavy atom. The highest BCUT2D eigenvalue weighted by atomic mass is 16.3. The molecule has 0 amide bonds. The second-order valence-electron chi connectivity index (χ2n) is 5.52. The molecule has 0 unspecified atom stereocenters. The molecule has 122 valence electrons. The Bertz CT molecular complexity index is 1100. The van der Waals surface area contributed by atoms with Gasteiger partial charge in [0.2, 0.25) is 11.3 Å². The molecule has 3 aromatic rings. The number of hydrogen-bond donors (Lipinski definition) is 2. The maximum absolute atomic E-state index is 12.6. The fourth-order valence-electron chi connectivity index (χ4n) is 2.75. The molecule has 0 spiro atoms. The van der Waals surface area contributed by atoms with E-state index >= 15 is 0 Å². The summed E-state index contributed by atoms with van der Waals surface area (Å²) in [5, 5.41) is 18.4. The number of rotatable bonds is 3. The van der Waals surface area contributed by atoms with Crippen molar-refractivity contribution in [2.75, 3.05) is 0 Å². The summed E-state index contributed by atoms with van der Waals surface area (Å²) in [4.78, 5) is 12.6. The fraction of sp³-hybridized carbons (Fsp3) is 0.0500. The Labute approximate surface area is 144 Å². The van der Waals surface area contributed by atoms with Crippen LogP contribution in [0.15, 0.2) is 64.6 Å². The fourth-order valence-corrected chi connectivity index (χ4v) is 2.75. The first kappa shape index (κ1) is 16.2. The van der Waals surface area contributed by atoms with Crippen LogP contribution in [0.4, 0.5) is 0 Å². The number of carbonyl (C=O) groups excluding carboxylic acids is 1. The summed E-state index contributed by atoms with van der Waals surface area (Å²) in [6.45, 7) is 1.79. The number of nitrogens with two attached hydrogens (primary N) is 1. The van der Waals surface area contributed by atoms with Gasteiger partial charge < -0.3 is 10.2 Å². The van der Waals surface area contributed by atoms with Gasteiger partial charge in [0.05, 0.1) is 11.3 Å². The van der Waals surface area contributed by atoms with Crippen LogP contribution in [-0.4, -0.2) is 5.78 Å². The monoisotopic (exact) mass is 329 g/mol. The minimum absolute atomic E-state index is 0.0478. The zero-order valence-corrected chi connectivity index (χ0v) is 13.5. The molecule has 0 saturated heterocycles. The van der Waals surface area contributed by atoms with Crippen molar-refractivity contribution in [1.82, 2.24) is 0 Å². The molecular formula is C20H15N3O2. The quantitative estimate of drug-likeness (QED) is 0.437. The van der Waals surface area contributed by atoms with E-state index in [0.29, 0.717) is 16.7 Å². The second-order valence-corrected chi connectivity index (χ2v) is 5.52. The van der Waals surface area contributed by atoms with Gasteiger partial charge in [-0.2, -0.15) is 5.26 Å². The smallest absolute Gasteiger partial charge is 0.221 e. The van der Waals surface area contributed by atoms with E-state index < -0.39 is 5.78 Å². The molecule has 5 nitrogen and oxygen atoms in total. The predicted octanol–water partition coefficient (Wildman–Crippen LogP) is 3.30. The van der Waals surface area contributed by atoms with E-state index in [4.69, 9.17) is 15.6 Å². The van der Waals surface area contributed by atoms with Crippen molar-refractivity contribution in [3.05, 3.63) is 82.4 Å². The first-order chi connectivity index (χ1) is 12.0. The van der Waals surface area contributed by atoms with Gasteiger partial charge in [0.25, 0.3) is 0 Å². The van der Waals surface area contributed by atoms with Crippen LogP contribution in [0, 0.1) is 23.7 Å². The van der Waals surface area contributed by atoms with Crippen molar-refractivity contribution in [1.29, 1.82) is 10.7 Å². The lowest BCUT2D eigenvalue weighted by molar-refractivity contribution is 0.103. The van der Waals surface area contributed by atoms with Crippen LogP contribution in [0.2, 0.25) is 0 Å². The molecule has 2 aromatic carbocycles. The average molecular weight is 329 g/mol. The second kappa shape index (κ2) is 6.46. The van der Waals surface area contributed by atoms with Gasteiger partial charge in [-0.25, -0.2) is 0 Å². The minimum Gasteiger partial charge on any atom is -0.438 e. The summed E-state index contributed by atoms with van der Waals surface area (Å²) in [7, 11) is 0. The molecule has 0 aliphatic heterocycles. The van der Waals surface area contributed by atoms with Crippen LogP contribution in [0.1, 0.15) is 21.5 Å². The highest BCUT2D eigenvalue weighted by molar-refractivity contribution is 6.15. The average Bonchev–Trinajstić information content (AvgIpc) is 2.63. The number of aryl methyl sites for hydroxylation is 1. The summed E-state index contributed by atoms with van der Waals surface area (Å²) >= 11 is 0. The van der Waals surface area contributed by atoms with E-state index in [1.807, 2.05) is 24.3 Å². The molecule has 0 fully saturated rings. The van der Waals surface area contributed by atoms with Crippen LogP contribution >= 0.6 is 0 Å². The molecule has 3 N–H and O–H groups in total. The van der Waals surface area contributed by atoms with E-state index in [1.165, 1.54) is 0 Å². The van der Waals surface area contributed by atoms with Crippen LogP contribution in [0.3, 0.4) is 0 Å². The van der Waals surface area contributed by atoms with Crippen molar-refractivity contribution >= 4 is 22.4 Å². The highest BCUT2D eigenvalue weighted by Gasteiger charge is 2.20. The number of allylic oxidation sites excluding steroid dienone is 1. The third-order valence-corrected chi connectivity index (χ3v) is 4.02. The number of hydrogen-bond acceptors (Lipinski definition) is 5. The first-order valence-corrected chi connectivity index (χ1v) is 7.61. The van der Waals surface area contributed by atoms with E-state index in [2.05, 4.69) is 0 Å². The number of Topliss-reactive ketones (excluding diaryl/α,β-unsaturated/α-hetero) is 1. The first-order valence-electron chi connectivity index (χ1n) is 7.61. The molecular weight excluding hydrogens is 314 g/mol. The van der Waals surface area contributed by atoms with Crippen LogP contribution in [-0.2, 0) is 0 Å². The summed E-state index contributed by atoms with van der Waals surface area (Å²) in [5.41, 5.74) is 7.58. The number of nitrogens with one attached hydrogen (secondary N) is 1. The Hall–Kier alpha value is -3.65. The van der Waals surface area contributed by atoms with Crippen molar-refractivity contribution in [2.24, 2.45) is 5.73 Å². The van der Waals surface area contributed by atoms with E-state index in [9.17, 15) is 10.1 Å². The van der Waals surface area contributed by atoms with Crippen LogP contribution < -0.4 is 11.3 Å². The van der Waals surface area contributed by atoms with Gasteiger partial charge in [-0.3, -0.25) is 10.2 Å². The predicted molar refractivity (Wildman–Crippen MR) is 94.3 cm³/mol. The molecule has 1 heterocycles. The van der Waals surface area contributed by atoms with Crippen molar-refractivity contribution < 1.29 is 9.21 Å².